The summed E-state index contributed by atoms with van der Waals surface area (Å²) >= 11 is 12.0. The second kappa shape index (κ2) is 7.57. The van der Waals surface area contributed by atoms with Gasteiger partial charge in [-0.25, -0.2) is 4.39 Å². The zero-order valence-electron chi connectivity index (χ0n) is 13.0. The molecule has 0 saturated carbocycles. The second-order valence-corrected chi connectivity index (χ2v) is 7.40. The lowest BCUT2D eigenvalue weighted by molar-refractivity contribution is -0.310. The topological polar surface area (TPSA) is 60.4 Å². The Balaban J connectivity index is 2.01. The van der Waals surface area contributed by atoms with E-state index in [2.05, 4.69) is 0 Å². The SMILES string of the molecule is O=C([O-])[C@H](c1ccccc1)N1C(=O)C(=Cc2c(F)cccc2Cl)SC1=S. The largest absolute Gasteiger partial charge is 0.547 e. The van der Waals surface area contributed by atoms with Gasteiger partial charge in [-0.1, -0.05) is 72.0 Å². The molecule has 2 aromatic carbocycles. The van der Waals surface area contributed by atoms with Gasteiger partial charge in [-0.15, -0.1) is 0 Å². The first-order chi connectivity index (χ1) is 12.4. The van der Waals surface area contributed by atoms with Crippen LogP contribution in [0.25, 0.3) is 6.08 Å². The van der Waals surface area contributed by atoms with Gasteiger partial charge in [0.2, 0.25) is 0 Å². The fourth-order valence-electron chi connectivity index (χ4n) is 2.51. The molecule has 0 aromatic heterocycles. The van der Waals surface area contributed by atoms with E-state index in [1.807, 2.05) is 0 Å². The number of halogens is 2. The molecule has 1 fully saturated rings. The Morgan fingerprint density at radius 3 is 2.54 bits per heavy atom. The van der Waals surface area contributed by atoms with Crippen molar-refractivity contribution in [2.75, 3.05) is 0 Å². The number of aliphatic carboxylic acids is 1. The molecule has 0 bridgehead atoms. The number of carboxylic acids is 1. The molecule has 1 aliphatic heterocycles. The number of carbonyl (C=O) groups is 2. The Morgan fingerprint density at radius 1 is 1.23 bits per heavy atom. The van der Waals surface area contributed by atoms with Gasteiger partial charge in [-0.05, 0) is 23.8 Å². The third-order valence-electron chi connectivity index (χ3n) is 3.70. The van der Waals surface area contributed by atoms with Crippen LogP contribution in [0.15, 0.2) is 53.4 Å². The van der Waals surface area contributed by atoms with Gasteiger partial charge in [0.25, 0.3) is 5.91 Å². The quantitative estimate of drug-likeness (QED) is 0.576. The summed E-state index contributed by atoms with van der Waals surface area (Å²) in [4.78, 5) is 25.5. The van der Waals surface area contributed by atoms with Crippen LogP contribution in [0.4, 0.5) is 4.39 Å². The molecule has 0 N–H and O–H groups in total. The fraction of sp³-hybridized carbons (Fsp3) is 0.0556. The summed E-state index contributed by atoms with van der Waals surface area (Å²) in [5.41, 5.74) is 0.397. The summed E-state index contributed by atoms with van der Waals surface area (Å²) in [5, 5.41) is 11.8. The van der Waals surface area contributed by atoms with Crippen molar-refractivity contribution >= 4 is 57.9 Å². The number of nitrogens with zero attached hydrogens (tertiary/aromatic N) is 1. The molecular formula is C18H10ClFNO3S2-. The van der Waals surface area contributed by atoms with Crippen LogP contribution in [-0.4, -0.2) is 21.1 Å². The number of thioether (sulfide) groups is 1. The first kappa shape index (κ1) is 18.6. The number of benzene rings is 2. The normalized spacial score (nSPS) is 17.0. The van der Waals surface area contributed by atoms with Crippen molar-refractivity contribution < 1.29 is 19.1 Å². The summed E-state index contributed by atoms with van der Waals surface area (Å²) in [6, 6.07) is 10.9. The number of rotatable bonds is 4. The van der Waals surface area contributed by atoms with Gasteiger partial charge in [0.15, 0.2) is 0 Å². The van der Waals surface area contributed by atoms with E-state index in [1.165, 1.54) is 24.3 Å². The standard InChI is InChI=1S/C18H11ClFNO3S2/c19-12-7-4-8-13(20)11(12)9-14-16(22)21(18(25)26-14)15(17(23)24)10-5-2-1-3-6-10/h1-9,15H,(H,23,24)/p-1/t15-/m0/s1. The van der Waals surface area contributed by atoms with Crippen LogP contribution in [0.2, 0.25) is 5.02 Å². The Morgan fingerprint density at radius 2 is 1.92 bits per heavy atom. The summed E-state index contributed by atoms with van der Waals surface area (Å²) in [6.45, 7) is 0. The lowest BCUT2D eigenvalue weighted by Gasteiger charge is -2.27. The number of thiocarbonyl (C=S) groups is 1. The maximum Gasteiger partial charge on any atom is 0.267 e. The van der Waals surface area contributed by atoms with Crippen molar-refractivity contribution in [2.24, 2.45) is 0 Å². The van der Waals surface area contributed by atoms with Gasteiger partial charge in [-0.3, -0.25) is 9.69 Å². The second-order valence-electron chi connectivity index (χ2n) is 5.32. The van der Waals surface area contributed by atoms with E-state index in [-0.39, 0.29) is 19.8 Å². The molecule has 4 nitrogen and oxygen atoms in total. The van der Waals surface area contributed by atoms with Crippen molar-refractivity contribution in [3.05, 3.63) is 75.4 Å². The van der Waals surface area contributed by atoms with Crippen molar-refractivity contribution in [1.82, 2.24) is 4.90 Å². The van der Waals surface area contributed by atoms with E-state index in [0.717, 1.165) is 16.7 Å². The van der Waals surface area contributed by atoms with E-state index in [1.54, 1.807) is 30.3 Å². The van der Waals surface area contributed by atoms with Gasteiger partial charge in [0, 0.05) is 5.56 Å². The molecule has 2 aromatic rings. The van der Waals surface area contributed by atoms with Crippen LogP contribution in [0.3, 0.4) is 0 Å². The van der Waals surface area contributed by atoms with Crippen molar-refractivity contribution in [2.45, 2.75) is 6.04 Å². The first-order valence-electron chi connectivity index (χ1n) is 7.37. The average molecular weight is 407 g/mol. The smallest absolute Gasteiger partial charge is 0.267 e. The highest BCUT2D eigenvalue weighted by Gasteiger charge is 2.38. The highest BCUT2D eigenvalue weighted by atomic mass is 35.5. The molecule has 26 heavy (non-hydrogen) atoms. The fourth-order valence-corrected chi connectivity index (χ4v) is 4.02. The Bertz CT molecular complexity index is 913. The molecule has 1 saturated heterocycles. The molecule has 1 amide bonds. The highest BCUT2D eigenvalue weighted by Crippen LogP contribution is 2.39. The predicted molar refractivity (Wildman–Crippen MR) is 101 cm³/mol. The lowest BCUT2D eigenvalue weighted by atomic mass is 10.1. The predicted octanol–water partition coefficient (Wildman–Crippen LogP) is 3.17. The number of hydrogen-bond donors (Lipinski definition) is 0. The monoisotopic (exact) mass is 406 g/mol. The van der Waals surface area contributed by atoms with Gasteiger partial charge < -0.3 is 9.90 Å². The van der Waals surface area contributed by atoms with Crippen molar-refractivity contribution in [3.63, 3.8) is 0 Å². The van der Waals surface area contributed by atoms with Gasteiger partial charge >= 0.3 is 0 Å². The minimum absolute atomic E-state index is 0.0411. The maximum atomic E-state index is 14.0. The summed E-state index contributed by atoms with van der Waals surface area (Å²) in [6.07, 6.45) is 1.27. The van der Waals surface area contributed by atoms with E-state index in [4.69, 9.17) is 23.8 Å². The van der Waals surface area contributed by atoms with E-state index in [9.17, 15) is 19.1 Å². The Kier molecular flexibility index (Phi) is 5.41. The zero-order chi connectivity index (χ0) is 18.8. The summed E-state index contributed by atoms with van der Waals surface area (Å²) < 4.78 is 14.0. The summed E-state index contributed by atoms with van der Waals surface area (Å²) in [7, 11) is 0. The van der Waals surface area contributed by atoms with Gasteiger partial charge in [-0.2, -0.15) is 0 Å². The number of carboxylic acid groups (broad SMARTS) is 1. The Labute approximate surface area is 163 Å². The number of amides is 1. The van der Waals surface area contributed by atoms with Crippen LogP contribution in [0.1, 0.15) is 17.2 Å². The average Bonchev–Trinajstić information content (AvgIpc) is 2.87. The third-order valence-corrected chi connectivity index (χ3v) is 5.36. The highest BCUT2D eigenvalue weighted by molar-refractivity contribution is 8.26. The minimum atomic E-state index is -1.46. The Hall–Kier alpha value is -2.22. The van der Waals surface area contributed by atoms with Crippen molar-refractivity contribution in [3.8, 4) is 0 Å². The molecule has 0 radical (unpaired) electrons. The third kappa shape index (κ3) is 3.51. The van der Waals surface area contributed by atoms with Crippen LogP contribution < -0.4 is 5.11 Å². The van der Waals surface area contributed by atoms with Crippen LogP contribution in [-0.2, 0) is 9.59 Å². The molecule has 1 aliphatic rings. The molecule has 132 valence electrons. The van der Waals surface area contributed by atoms with E-state index < -0.39 is 23.7 Å². The van der Waals surface area contributed by atoms with E-state index in [0.29, 0.717) is 5.56 Å². The molecule has 3 rings (SSSR count). The molecular weight excluding hydrogens is 397 g/mol. The van der Waals surface area contributed by atoms with E-state index >= 15 is 0 Å². The maximum absolute atomic E-state index is 14.0. The van der Waals surface area contributed by atoms with Gasteiger partial charge in [0.05, 0.1) is 15.9 Å². The lowest BCUT2D eigenvalue weighted by Crippen LogP contribution is -2.43. The van der Waals surface area contributed by atoms with Crippen LogP contribution in [0.5, 0.6) is 0 Å². The van der Waals surface area contributed by atoms with Crippen molar-refractivity contribution in [1.29, 1.82) is 0 Å². The number of hydrogen-bond acceptors (Lipinski definition) is 5. The molecule has 0 spiro atoms. The molecule has 8 heteroatoms. The van der Waals surface area contributed by atoms with Gasteiger partial charge in [0.1, 0.15) is 16.2 Å². The molecule has 1 atom stereocenters. The first-order valence-corrected chi connectivity index (χ1v) is 8.97. The van der Waals surface area contributed by atoms with Crippen LogP contribution in [0, 0.1) is 5.82 Å². The summed E-state index contributed by atoms with van der Waals surface area (Å²) in [5.74, 6) is -2.70. The zero-order valence-corrected chi connectivity index (χ0v) is 15.4. The number of carbonyl (C=O) groups excluding carboxylic acids is 2. The molecule has 0 unspecified atom stereocenters. The van der Waals surface area contributed by atoms with Crippen LogP contribution >= 0.6 is 35.6 Å². The minimum Gasteiger partial charge on any atom is -0.547 e. The molecule has 1 heterocycles. The molecule has 0 aliphatic carbocycles.